The Morgan fingerprint density at radius 2 is 1.07 bits per heavy atom. The maximum absolute atomic E-state index is 6.53. The van der Waals surface area contributed by atoms with E-state index in [1.807, 2.05) is 0 Å². The Morgan fingerprint density at radius 1 is 0.432 bits per heavy atom. The van der Waals surface area contributed by atoms with Crippen molar-refractivity contribution in [3.63, 3.8) is 0 Å². The quantitative estimate of drug-likeness (QED) is 0.182. The summed E-state index contributed by atoms with van der Waals surface area (Å²) < 4.78 is 6.53. The molecular formula is C43H28O. The van der Waals surface area contributed by atoms with Gasteiger partial charge in [0.1, 0.15) is 11.2 Å². The minimum Gasteiger partial charge on any atom is -0.455 e. The van der Waals surface area contributed by atoms with Crippen molar-refractivity contribution in [2.75, 3.05) is 0 Å². The van der Waals surface area contributed by atoms with E-state index in [-0.39, 0.29) is 5.41 Å². The van der Waals surface area contributed by atoms with Gasteiger partial charge in [-0.25, -0.2) is 0 Å². The molecule has 0 N–H and O–H groups in total. The third-order valence-electron chi connectivity index (χ3n) is 10.2. The highest BCUT2D eigenvalue weighted by Crippen LogP contribution is 2.52. The third kappa shape index (κ3) is 3.04. The van der Waals surface area contributed by atoms with Crippen LogP contribution in [-0.4, -0.2) is 0 Å². The lowest BCUT2D eigenvalue weighted by molar-refractivity contribution is 0.661. The zero-order chi connectivity index (χ0) is 29.2. The van der Waals surface area contributed by atoms with Crippen molar-refractivity contribution in [1.29, 1.82) is 0 Å². The average molecular weight is 561 g/mol. The summed E-state index contributed by atoms with van der Waals surface area (Å²) in [4.78, 5) is 0. The highest BCUT2D eigenvalue weighted by molar-refractivity contribution is 6.26. The maximum Gasteiger partial charge on any atom is 0.143 e. The molecule has 1 heterocycles. The fourth-order valence-electron chi connectivity index (χ4n) is 8.09. The number of fused-ring (bicyclic) bond motifs is 14. The second-order valence-corrected chi connectivity index (χ2v) is 12.9. The molecule has 0 radical (unpaired) electrons. The molecule has 1 heteroatoms. The van der Waals surface area contributed by atoms with Crippen LogP contribution >= 0.6 is 0 Å². The number of rotatable bonds is 1. The Kier molecular flexibility index (Phi) is 4.58. The molecule has 0 atom stereocenters. The fourth-order valence-corrected chi connectivity index (χ4v) is 8.09. The molecule has 206 valence electrons. The van der Waals surface area contributed by atoms with E-state index in [2.05, 4.69) is 147 Å². The lowest BCUT2D eigenvalue weighted by atomic mass is 9.80. The van der Waals surface area contributed by atoms with Crippen molar-refractivity contribution in [2.24, 2.45) is 0 Å². The first-order valence-corrected chi connectivity index (χ1v) is 15.4. The summed E-state index contributed by atoms with van der Waals surface area (Å²) in [6, 6.07) is 49.1. The SMILES string of the molecule is CC1(C)c2cc(-c3cccc4oc5c6ccccc6ccc5c34)ccc2-c2cc3c4ccccc4c4ccccc4c3cc21. The van der Waals surface area contributed by atoms with Crippen LogP contribution in [0.25, 0.3) is 87.3 Å². The van der Waals surface area contributed by atoms with Crippen LogP contribution in [0.2, 0.25) is 0 Å². The van der Waals surface area contributed by atoms with E-state index >= 15 is 0 Å². The highest BCUT2D eigenvalue weighted by atomic mass is 16.3. The largest absolute Gasteiger partial charge is 0.455 e. The van der Waals surface area contributed by atoms with Crippen LogP contribution in [0.3, 0.4) is 0 Å². The molecule has 0 saturated heterocycles. The first-order chi connectivity index (χ1) is 21.6. The summed E-state index contributed by atoms with van der Waals surface area (Å²) in [5, 5.41) is 12.6. The molecule has 1 aromatic heterocycles. The molecule has 0 unspecified atom stereocenters. The van der Waals surface area contributed by atoms with Gasteiger partial charge in [-0.3, -0.25) is 0 Å². The van der Waals surface area contributed by atoms with E-state index in [4.69, 9.17) is 4.42 Å². The molecule has 0 fully saturated rings. The fraction of sp³-hybridized carbons (Fsp3) is 0.0698. The van der Waals surface area contributed by atoms with Crippen LogP contribution in [0, 0.1) is 0 Å². The first kappa shape index (κ1) is 24.1. The maximum atomic E-state index is 6.53. The van der Waals surface area contributed by atoms with Crippen LogP contribution in [0.4, 0.5) is 0 Å². The van der Waals surface area contributed by atoms with E-state index in [0.717, 1.165) is 16.6 Å². The average Bonchev–Trinajstić information content (AvgIpc) is 3.56. The molecule has 0 bridgehead atoms. The summed E-state index contributed by atoms with van der Waals surface area (Å²) in [5.74, 6) is 0. The molecule has 8 aromatic carbocycles. The Balaban J connectivity index is 1.22. The number of furan rings is 1. The van der Waals surface area contributed by atoms with Gasteiger partial charge in [0.25, 0.3) is 0 Å². The highest BCUT2D eigenvalue weighted by Gasteiger charge is 2.36. The van der Waals surface area contributed by atoms with Crippen molar-refractivity contribution < 1.29 is 4.42 Å². The molecule has 0 amide bonds. The van der Waals surface area contributed by atoms with Crippen molar-refractivity contribution in [1.82, 2.24) is 0 Å². The standard InChI is InChI=1S/C43H28O/c1-43(2)38-22-26(27-16-9-17-40-41(27)34-21-18-25-10-3-4-11-28(25)42(34)44-40)19-20-33(38)37-23-35-31-14-7-5-12-29(31)30-13-6-8-15-32(30)36(35)24-39(37)43/h3-24H,1-2H3. The Bertz CT molecular complexity index is 2680. The van der Waals surface area contributed by atoms with Gasteiger partial charge < -0.3 is 4.42 Å². The molecule has 1 aliphatic rings. The summed E-state index contributed by atoms with van der Waals surface area (Å²) in [6.45, 7) is 4.77. The van der Waals surface area contributed by atoms with E-state index < -0.39 is 0 Å². The predicted octanol–water partition coefficient (Wildman–Crippen LogP) is 12.2. The second kappa shape index (κ2) is 8.36. The molecule has 9 aromatic rings. The van der Waals surface area contributed by atoms with Gasteiger partial charge in [0.05, 0.1) is 0 Å². The van der Waals surface area contributed by atoms with Gasteiger partial charge in [-0.2, -0.15) is 0 Å². The van der Waals surface area contributed by atoms with Crippen LogP contribution in [0.5, 0.6) is 0 Å². The molecule has 0 aliphatic heterocycles. The number of hydrogen-bond donors (Lipinski definition) is 0. The van der Waals surface area contributed by atoms with Gasteiger partial charge >= 0.3 is 0 Å². The number of hydrogen-bond acceptors (Lipinski definition) is 1. The van der Waals surface area contributed by atoms with Gasteiger partial charge in [0.2, 0.25) is 0 Å². The lowest BCUT2D eigenvalue weighted by Gasteiger charge is -2.23. The summed E-state index contributed by atoms with van der Waals surface area (Å²) >= 11 is 0. The molecular weight excluding hydrogens is 532 g/mol. The van der Waals surface area contributed by atoms with Gasteiger partial charge in [-0.15, -0.1) is 0 Å². The number of benzene rings is 8. The second-order valence-electron chi connectivity index (χ2n) is 12.9. The van der Waals surface area contributed by atoms with Gasteiger partial charge in [-0.05, 0) is 101 Å². The third-order valence-corrected chi connectivity index (χ3v) is 10.2. The monoisotopic (exact) mass is 560 g/mol. The van der Waals surface area contributed by atoms with E-state index in [9.17, 15) is 0 Å². The normalized spacial score (nSPS) is 13.9. The zero-order valence-corrected chi connectivity index (χ0v) is 24.6. The summed E-state index contributed by atoms with van der Waals surface area (Å²) in [7, 11) is 0. The molecule has 1 aliphatic carbocycles. The van der Waals surface area contributed by atoms with Crippen molar-refractivity contribution >= 4 is 65.0 Å². The van der Waals surface area contributed by atoms with Gasteiger partial charge in [-0.1, -0.05) is 117 Å². The minimum absolute atomic E-state index is 0.135. The Labute approximate surface area is 255 Å². The van der Waals surface area contributed by atoms with Crippen molar-refractivity contribution in [3.8, 4) is 22.3 Å². The molecule has 1 nitrogen and oxygen atoms in total. The van der Waals surface area contributed by atoms with Crippen LogP contribution in [0.15, 0.2) is 138 Å². The predicted molar refractivity (Wildman–Crippen MR) is 187 cm³/mol. The van der Waals surface area contributed by atoms with E-state index in [1.54, 1.807) is 0 Å². The lowest BCUT2D eigenvalue weighted by Crippen LogP contribution is -2.15. The zero-order valence-electron chi connectivity index (χ0n) is 24.6. The Hall–Kier alpha value is -5.40. The topological polar surface area (TPSA) is 13.1 Å². The van der Waals surface area contributed by atoms with Crippen LogP contribution < -0.4 is 0 Å². The van der Waals surface area contributed by atoms with Crippen LogP contribution in [-0.2, 0) is 5.41 Å². The van der Waals surface area contributed by atoms with Crippen LogP contribution in [0.1, 0.15) is 25.0 Å². The van der Waals surface area contributed by atoms with Gasteiger partial charge in [0.15, 0.2) is 0 Å². The van der Waals surface area contributed by atoms with E-state index in [0.29, 0.717) is 0 Å². The van der Waals surface area contributed by atoms with Crippen molar-refractivity contribution in [3.05, 3.63) is 145 Å². The summed E-state index contributed by atoms with van der Waals surface area (Å²) in [5.41, 5.74) is 9.67. The molecule has 0 spiro atoms. The van der Waals surface area contributed by atoms with Crippen molar-refractivity contribution in [2.45, 2.75) is 19.3 Å². The smallest absolute Gasteiger partial charge is 0.143 e. The molecule has 10 rings (SSSR count). The Morgan fingerprint density at radius 3 is 1.82 bits per heavy atom. The molecule has 44 heavy (non-hydrogen) atoms. The van der Waals surface area contributed by atoms with Gasteiger partial charge in [0, 0.05) is 21.6 Å². The first-order valence-electron chi connectivity index (χ1n) is 15.4. The van der Waals surface area contributed by atoms with E-state index in [1.165, 1.54) is 81.9 Å². The summed E-state index contributed by atoms with van der Waals surface area (Å²) in [6.07, 6.45) is 0. The molecule has 0 saturated carbocycles. The minimum atomic E-state index is -0.135.